The molecule has 0 bridgehead atoms. The van der Waals surface area contributed by atoms with Gasteiger partial charge in [0.05, 0.1) is 5.72 Å². The Morgan fingerprint density at radius 1 is 0.436 bits per heavy atom. The molecule has 0 fully saturated rings. The smallest absolute Gasteiger partial charge is 0.291 e. The first-order valence-corrected chi connectivity index (χ1v) is 18.6. The Morgan fingerprint density at radius 2 is 0.873 bits per heavy atom. The molecular weight excluding hydrogens is 683 g/mol. The fraction of sp³-hybridized carbons (Fsp3) is 0.174. The molecule has 4 heterocycles. The van der Waals surface area contributed by atoms with Crippen molar-refractivity contribution in [3.05, 3.63) is 150 Å². The molecule has 0 saturated carbocycles. The second kappa shape index (κ2) is 15.1. The molecule has 3 aromatic heterocycles. The monoisotopic (exact) mass is 724 g/mol. The summed E-state index contributed by atoms with van der Waals surface area (Å²) in [5.74, 6) is 5.69. The normalized spacial score (nSPS) is 11.7. The Hall–Kier alpha value is -6.48. The molecular formula is C46H41BN4O4. The van der Waals surface area contributed by atoms with Crippen molar-refractivity contribution in [2.75, 3.05) is 0 Å². The van der Waals surface area contributed by atoms with Crippen molar-refractivity contribution in [2.24, 2.45) is 0 Å². The van der Waals surface area contributed by atoms with Gasteiger partial charge in [-0.2, -0.15) is 0 Å². The SMILES string of the molecule is Cc1ccnc(Oc2cc(Oc3ccc4c(c3)B(c3ncccn3)c3cc(Oc5cc(Oc6cc(C)ccn6)cc(C(C)C)c5)ccc3-4)cc(C(C)C)c2)c1. The standard InChI is InChI=1S/C46H41BN4O4/c1-28(2)32-20-36(24-38(22-32)54-44-18-30(5)12-16-48-44)52-34-8-10-40-41-11-9-35(27-43(41)47(42(40)26-34)46-50-14-7-15-51-46)53-37-21-33(29(3)4)23-39(25-37)55-45-19-31(6)13-17-49-45/h7-29H,1-6H3. The molecule has 7 aromatic rings. The van der Waals surface area contributed by atoms with Crippen LogP contribution in [0.15, 0.2) is 128 Å². The van der Waals surface area contributed by atoms with Crippen LogP contribution in [-0.2, 0) is 0 Å². The van der Waals surface area contributed by atoms with Gasteiger partial charge in [0.25, 0.3) is 6.71 Å². The van der Waals surface area contributed by atoms with Crippen LogP contribution in [0.25, 0.3) is 11.1 Å². The van der Waals surface area contributed by atoms with E-state index in [1.54, 1.807) is 24.8 Å². The van der Waals surface area contributed by atoms with Crippen LogP contribution in [0.2, 0.25) is 0 Å². The average Bonchev–Trinajstić information content (AvgIpc) is 3.47. The maximum Gasteiger partial charge on any atom is 0.291 e. The lowest BCUT2D eigenvalue weighted by atomic mass is 9.42. The molecule has 9 heteroatoms. The van der Waals surface area contributed by atoms with Gasteiger partial charge in [0.1, 0.15) is 34.5 Å². The molecule has 0 spiro atoms. The lowest BCUT2D eigenvalue weighted by Crippen LogP contribution is -2.51. The number of hydrogen-bond donors (Lipinski definition) is 0. The second-order valence-electron chi connectivity index (χ2n) is 14.6. The summed E-state index contributed by atoms with van der Waals surface area (Å²) in [5, 5.41) is 0. The first-order chi connectivity index (χ1) is 26.6. The molecule has 55 heavy (non-hydrogen) atoms. The highest BCUT2D eigenvalue weighted by molar-refractivity contribution is 6.98. The number of fused-ring (bicyclic) bond motifs is 3. The molecule has 0 saturated heterocycles. The van der Waals surface area contributed by atoms with Gasteiger partial charge in [-0.3, -0.25) is 9.97 Å². The predicted octanol–water partition coefficient (Wildman–Crippen LogP) is 9.80. The molecule has 0 amide bonds. The van der Waals surface area contributed by atoms with Crippen LogP contribution in [0, 0.1) is 13.8 Å². The van der Waals surface area contributed by atoms with Crippen molar-refractivity contribution in [1.82, 2.24) is 19.9 Å². The molecule has 4 aromatic carbocycles. The first-order valence-electron chi connectivity index (χ1n) is 18.6. The highest BCUT2D eigenvalue weighted by Crippen LogP contribution is 2.36. The number of nitrogens with zero attached hydrogens (tertiary/aromatic N) is 4. The van der Waals surface area contributed by atoms with Gasteiger partial charge in [-0.15, -0.1) is 0 Å². The highest BCUT2D eigenvalue weighted by Gasteiger charge is 2.36. The summed E-state index contributed by atoms with van der Waals surface area (Å²) in [6, 6.07) is 34.0. The summed E-state index contributed by atoms with van der Waals surface area (Å²) < 4.78 is 25.6. The van der Waals surface area contributed by atoms with Crippen LogP contribution in [0.3, 0.4) is 0 Å². The molecule has 0 radical (unpaired) electrons. The van der Waals surface area contributed by atoms with E-state index in [9.17, 15) is 0 Å². The van der Waals surface area contributed by atoms with E-state index in [0.29, 0.717) is 52.0 Å². The van der Waals surface area contributed by atoms with E-state index in [-0.39, 0.29) is 18.5 Å². The number of hydrogen-bond acceptors (Lipinski definition) is 8. The zero-order chi connectivity index (χ0) is 38.1. The first kappa shape index (κ1) is 35.5. The topological polar surface area (TPSA) is 88.5 Å². The summed E-state index contributed by atoms with van der Waals surface area (Å²) in [6.07, 6.45) is 7.06. The minimum absolute atomic E-state index is 0.236. The lowest BCUT2D eigenvalue weighted by Gasteiger charge is -2.15. The Kier molecular flexibility index (Phi) is 9.76. The molecule has 0 N–H and O–H groups in total. The van der Waals surface area contributed by atoms with Crippen molar-refractivity contribution >= 4 is 23.4 Å². The van der Waals surface area contributed by atoms with Gasteiger partial charge in [0, 0.05) is 49.1 Å². The number of benzene rings is 4. The molecule has 1 aliphatic heterocycles. The van der Waals surface area contributed by atoms with Crippen molar-refractivity contribution in [3.63, 3.8) is 0 Å². The van der Waals surface area contributed by atoms with E-state index in [1.807, 2.05) is 80.6 Å². The van der Waals surface area contributed by atoms with Gasteiger partial charge in [-0.25, -0.2) is 9.97 Å². The minimum Gasteiger partial charge on any atom is -0.457 e. The van der Waals surface area contributed by atoms with E-state index in [1.165, 1.54) is 0 Å². The van der Waals surface area contributed by atoms with Gasteiger partial charge >= 0.3 is 0 Å². The molecule has 0 aliphatic carbocycles. The van der Waals surface area contributed by atoms with Crippen molar-refractivity contribution in [2.45, 2.75) is 53.4 Å². The van der Waals surface area contributed by atoms with E-state index in [2.05, 4.69) is 74.1 Å². The van der Waals surface area contributed by atoms with E-state index >= 15 is 0 Å². The summed E-state index contributed by atoms with van der Waals surface area (Å²) in [5.41, 5.74) is 9.35. The minimum atomic E-state index is -0.236. The fourth-order valence-electron chi connectivity index (χ4n) is 6.81. The summed E-state index contributed by atoms with van der Waals surface area (Å²) in [7, 11) is 0. The zero-order valence-corrected chi connectivity index (χ0v) is 31.8. The van der Waals surface area contributed by atoms with Crippen LogP contribution in [0.4, 0.5) is 0 Å². The summed E-state index contributed by atoms with van der Waals surface area (Å²) in [4.78, 5) is 18.2. The second-order valence-corrected chi connectivity index (χ2v) is 14.6. The van der Waals surface area contributed by atoms with Crippen LogP contribution >= 0.6 is 0 Å². The molecule has 272 valence electrons. The Bertz CT molecular complexity index is 2350. The van der Waals surface area contributed by atoms with E-state index in [4.69, 9.17) is 28.9 Å². The van der Waals surface area contributed by atoms with Crippen molar-refractivity contribution < 1.29 is 18.9 Å². The van der Waals surface area contributed by atoms with Crippen LogP contribution in [-0.4, -0.2) is 26.6 Å². The Morgan fingerprint density at radius 3 is 1.29 bits per heavy atom. The third-order valence-electron chi connectivity index (χ3n) is 9.64. The number of pyridine rings is 2. The maximum absolute atomic E-state index is 6.59. The molecule has 8 rings (SSSR count). The van der Waals surface area contributed by atoms with E-state index < -0.39 is 0 Å². The van der Waals surface area contributed by atoms with E-state index in [0.717, 1.165) is 44.3 Å². The maximum atomic E-state index is 6.59. The van der Waals surface area contributed by atoms with Crippen LogP contribution < -0.4 is 35.6 Å². The van der Waals surface area contributed by atoms with Gasteiger partial charge < -0.3 is 18.9 Å². The fourth-order valence-corrected chi connectivity index (χ4v) is 6.81. The largest absolute Gasteiger partial charge is 0.457 e. The van der Waals surface area contributed by atoms with Gasteiger partial charge in [-0.1, -0.05) is 50.8 Å². The van der Waals surface area contributed by atoms with Crippen LogP contribution in [0.5, 0.6) is 46.3 Å². The quantitative estimate of drug-likeness (QED) is 0.122. The predicted molar refractivity (Wildman–Crippen MR) is 218 cm³/mol. The summed E-state index contributed by atoms with van der Waals surface area (Å²) >= 11 is 0. The van der Waals surface area contributed by atoms with Crippen LogP contribution in [0.1, 0.15) is 61.8 Å². The molecule has 0 unspecified atom stereocenters. The number of aryl methyl sites for hydroxylation is 2. The third kappa shape index (κ3) is 7.92. The van der Waals surface area contributed by atoms with Gasteiger partial charge in [0.15, 0.2) is 0 Å². The number of aromatic nitrogens is 4. The number of rotatable bonds is 11. The van der Waals surface area contributed by atoms with Crippen molar-refractivity contribution in [1.29, 1.82) is 0 Å². The molecule has 8 nitrogen and oxygen atoms in total. The Labute approximate surface area is 322 Å². The Balaban J connectivity index is 1.11. The van der Waals surface area contributed by atoms with Crippen molar-refractivity contribution in [3.8, 4) is 57.4 Å². The summed E-state index contributed by atoms with van der Waals surface area (Å²) in [6.45, 7) is 12.4. The molecule has 0 atom stereocenters. The highest BCUT2D eigenvalue weighted by atomic mass is 16.5. The molecule has 1 aliphatic rings. The van der Waals surface area contributed by atoms with Gasteiger partial charge in [0.2, 0.25) is 11.8 Å². The van der Waals surface area contributed by atoms with Gasteiger partial charge in [-0.05, 0) is 126 Å². The average molecular weight is 725 g/mol. The zero-order valence-electron chi connectivity index (χ0n) is 31.8. The third-order valence-corrected chi connectivity index (χ3v) is 9.64. The number of ether oxygens (including phenoxy) is 4. The lowest BCUT2D eigenvalue weighted by molar-refractivity contribution is 0.446.